The molecule has 0 fully saturated rings. The van der Waals surface area contributed by atoms with E-state index >= 15 is 0 Å². The van der Waals surface area contributed by atoms with Gasteiger partial charge in [0.2, 0.25) is 0 Å². The molecule has 0 radical (unpaired) electrons. The number of carboxylic acid groups (broad SMARTS) is 1. The van der Waals surface area contributed by atoms with Crippen LogP contribution >= 0.6 is 0 Å². The van der Waals surface area contributed by atoms with Crippen LogP contribution in [0.25, 0.3) is 10.9 Å². The molecule has 0 bridgehead atoms. The minimum atomic E-state index is -0.881. The Kier molecular flexibility index (Phi) is 5.23. The Morgan fingerprint density at radius 2 is 1.70 bits per heavy atom. The normalized spacial score (nSPS) is 11.0. The minimum absolute atomic E-state index is 0.0527. The average molecular weight is 406 g/mol. The van der Waals surface area contributed by atoms with E-state index in [-0.39, 0.29) is 12.1 Å². The van der Waals surface area contributed by atoms with Gasteiger partial charge in [0.15, 0.2) is 0 Å². The van der Waals surface area contributed by atoms with Crippen molar-refractivity contribution >= 4 is 28.2 Å². The van der Waals surface area contributed by atoms with E-state index in [1.54, 1.807) is 13.1 Å². The number of aromatic nitrogens is 1. The lowest BCUT2D eigenvalue weighted by atomic mass is 10.1. The van der Waals surface area contributed by atoms with Gasteiger partial charge in [0, 0.05) is 36.4 Å². The highest BCUT2D eigenvalue weighted by Gasteiger charge is 2.16. The molecule has 1 N–H and O–H groups in total. The van der Waals surface area contributed by atoms with Crippen LogP contribution in [0.2, 0.25) is 0 Å². The number of hydrogen-bond donors (Lipinski definition) is 1. The Morgan fingerprint density at radius 1 is 1.00 bits per heavy atom. The lowest BCUT2D eigenvalue weighted by molar-refractivity contribution is -0.136. The van der Waals surface area contributed by atoms with Gasteiger partial charge in [0.05, 0.1) is 6.42 Å². The molecule has 0 aliphatic heterocycles. The predicted octanol–water partition coefficient (Wildman–Crippen LogP) is 5.36. The summed E-state index contributed by atoms with van der Waals surface area (Å²) in [7, 11) is 1.62. The van der Waals surface area contributed by atoms with Crippen molar-refractivity contribution in [2.45, 2.75) is 13.0 Å². The van der Waals surface area contributed by atoms with Crippen LogP contribution in [0.5, 0.6) is 0 Å². The highest BCUT2D eigenvalue weighted by atomic mass is 19.1. The van der Waals surface area contributed by atoms with E-state index in [2.05, 4.69) is 0 Å². The highest BCUT2D eigenvalue weighted by Crippen LogP contribution is 2.30. The minimum Gasteiger partial charge on any atom is -0.481 e. The summed E-state index contributed by atoms with van der Waals surface area (Å²) < 4.78 is 30.4. The summed E-state index contributed by atoms with van der Waals surface area (Å²) in [4.78, 5) is 12.7. The molecule has 30 heavy (non-hydrogen) atoms. The molecular formula is C24H20F2N2O2. The van der Waals surface area contributed by atoms with Gasteiger partial charge >= 0.3 is 5.97 Å². The molecule has 1 heterocycles. The molecule has 0 spiro atoms. The third-order valence-electron chi connectivity index (χ3n) is 5.14. The van der Waals surface area contributed by atoms with Gasteiger partial charge < -0.3 is 14.6 Å². The first kappa shape index (κ1) is 19.6. The lowest BCUT2D eigenvalue weighted by Crippen LogP contribution is -2.13. The number of hydrogen-bond acceptors (Lipinski definition) is 2. The number of fused-ring (bicyclic) bond motifs is 1. The molecule has 4 aromatic rings. The molecule has 0 saturated heterocycles. The van der Waals surface area contributed by atoms with Crippen LogP contribution < -0.4 is 4.90 Å². The molecule has 1 aromatic heterocycles. The maximum atomic E-state index is 14.2. The van der Waals surface area contributed by atoms with E-state index in [0.29, 0.717) is 12.2 Å². The monoisotopic (exact) mass is 406 g/mol. The van der Waals surface area contributed by atoms with E-state index in [9.17, 15) is 18.7 Å². The highest BCUT2D eigenvalue weighted by molar-refractivity contribution is 5.87. The van der Waals surface area contributed by atoms with Crippen LogP contribution in [-0.2, 0) is 17.8 Å². The third-order valence-corrected chi connectivity index (χ3v) is 5.14. The zero-order chi connectivity index (χ0) is 21.3. The second-order valence-corrected chi connectivity index (χ2v) is 7.17. The molecule has 0 aliphatic carbocycles. The fraction of sp³-hybridized carbons (Fsp3) is 0.125. The number of halogens is 2. The molecule has 6 heteroatoms. The van der Waals surface area contributed by atoms with Crippen molar-refractivity contribution in [1.29, 1.82) is 0 Å². The summed E-state index contributed by atoms with van der Waals surface area (Å²) >= 11 is 0. The Labute approximate surface area is 172 Å². The number of anilines is 2. The quantitative estimate of drug-likeness (QED) is 0.469. The largest absolute Gasteiger partial charge is 0.481 e. The standard InChI is InChI=1S/C24H20F2N2O2/c1-27(24-20(25)9-5-10-21(24)26)18-7-4-6-16(12-18)14-28-15-17(13-23(29)30)19-8-2-3-11-22(19)28/h2-12,15H,13-14H2,1H3,(H,29,30). The van der Waals surface area contributed by atoms with Gasteiger partial charge in [-0.2, -0.15) is 0 Å². The van der Waals surface area contributed by atoms with Crippen LogP contribution in [0.1, 0.15) is 11.1 Å². The van der Waals surface area contributed by atoms with Gasteiger partial charge in [-0.3, -0.25) is 4.79 Å². The van der Waals surface area contributed by atoms with Crippen LogP contribution in [0, 0.1) is 11.6 Å². The second-order valence-electron chi connectivity index (χ2n) is 7.17. The topological polar surface area (TPSA) is 45.5 Å². The number of rotatable bonds is 6. The predicted molar refractivity (Wildman–Crippen MR) is 113 cm³/mol. The number of aliphatic carboxylic acids is 1. The van der Waals surface area contributed by atoms with Crippen LogP contribution in [0.15, 0.2) is 72.9 Å². The van der Waals surface area contributed by atoms with Crippen LogP contribution in [-0.4, -0.2) is 22.7 Å². The smallest absolute Gasteiger partial charge is 0.307 e. The number of carbonyl (C=O) groups is 1. The van der Waals surface area contributed by atoms with E-state index in [1.165, 1.54) is 23.1 Å². The van der Waals surface area contributed by atoms with Gasteiger partial charge in [0.1, 0.15) is 17.3 Å². The molecule has 152 valence electrons. The molecule has 0 saturated carbocycles. The number of nitrogens with zero attached hydrogens (tertiary/aromatic N) is 2. The maximum absolute atomic E-state index is 14.2. The summed E-state index contributed by atoms with van der Waals surface area (Å²) in [5, 5.41) is 10.1. The van der Waals surface area contributed by atoms with Gasteiger partial charge in [0.25, 0.3) is 0 Å². The molecule has 3 aromatic carbocycles. The Balaban J connectivity index is 1.68. The summed E-state index contributed by atoms with van der Waals surface area (Å²) in [5.74, 6) is -2.14. The Hall–Kier alpha value is -3.67. The summed E-state index contributed by atoms with van der Waals surface area (Å²) in [6.07, 6.45) is 1.80. The van der Waals surface area contributed by atoms with Gasteiger partial charge in [-0.15, -0.1) is 0 Å². The van der Waals surface area contributed by atoms with Crippen molar-refractivity contribution < 1.29 is 18.7 Å². The van der Waals surface area contributed by atoms with E-state index in [4.69, 9.17) is 0 Å². The van der Waals surface area contributed by atoms with Crippen molar-refractivity contribution in [2.24, 2.45) is 0 Å². The van der Waals surface area contributed by atoms with E-state index < -0.39 is 17.6 Å². The molecule has 0 amide bonds. The molecule has 0 unspecified atom stereocenters. The molecule has 0 aliphatic rings. The first-order chi connectivity index (χ1) is 14.4. The molecule has 4 rings (SSSR count). The fourth-order valence-corrected chi connectivity index (χ4v) is 3.76. The van der Waals surface area contributed by atoms with Crippen molar-refractivity contribution in [3.8, 4) is 0 Å². The van der Waals surface area contributed by atoms with Gasteiger partial charge in [-0.05, 0) is 41.5 Å². The number of para-hydroxylation sites is 2. The van der Waals surface area contributed by atoms with Gasteiger partial charge in [-0.25, -0.2) is 8.78 Å². The molecular weight excluding hydrogens is 386 g/mol. The Morgan fingerprint density at radius 3 is 2.43 bits per heavy atom. The average Bonchev–Trinajstić information content (AvgIpc) is 3.05. The van der Waals surface area contributed by atoms with Crippen LogP contribution in [0.4, 0.5) is 20.2 Å². The van der Waals surface area contributed by atoms with E-state index in [1.807, 2.05) is 53.2 Å². The molecule has 4 nitrogen and oxygen atoms in total. The van der Waals surface area contributed by atoms with E-state index in [0.717, 1.165) is 22.0 Å². The summed E-state index contributed by atoms with van der Waals surface area (Å²) in [6.45, 7) is 0.502. The van der Waals surface area contributed by atoms with Crippen LogP contribution in [0.3, 0.4) is 0 Å². The third kappa shape index (κ3) is 3.76. The summed E-state index contributed by atoms with van der Waals surface area (Å²) in [6, 6.07) is 18.9. The zero-order valence-electron chi connectivity index (χ0n) is 16.3. The van der Waals surface area contributed by atoms with Crippen molar-refractivity contribution in [3.63, 3.8) is 0 Å². The number of carboxylic acids is 1. The van der Waals surface area contributed by atoms with Crippen molar-refractivity contribution in [2.75, 3.05) is 11.9 Å². The first-order valence-corrected chi connectivity index (χ1v) is 9.49. The van der Waals surface area contributed by atoms with Crippen molar-refractivity contribution in [3.05, 3.63) is 95.7 Å². The SMILES string of the molecule is CN(c1cccc(Cn2cc(CC(=O)O)c3ccccc32)c1)c1c(F)cccc1F. The Bertz CT molecular complexity index is 1210. The second kappa shape index (κ2) is 7.99. The van der Waals surface area contributed by atoms with Gasteiger partial charge in [-0.1, -0.05) is 36.4 Å². The first-order valence-electron chi connectivity index (χ1n) is 9.49. The zero-order valence-corrected chi connectivity index (χ0v) is 16.3. The number of benzene rings is 3. The fourth-order valence-electron chi connectivity index (χ4n) is 3.76. The lowest BCUT2D eigenvalue weighted by Gasteiger charge is -2.21. The maximum Gasteiger partial charge on any atom is 0.307 e. The van der Waals surface area contributed by atoms with Crippen molar-refractivity contribution in [1.82, 2.24) is 4.57 Å². The summed E-state index contributed by atoms with van der Waals surface area (Å²) in [5.41, 5.74) is 3.16. The molecule has 0 atom stereocenters.